The molecule has 0 unspecified atom stereocenters. The molecule has 28 heavy (non-hydrogen) atoms. The van der Waals surface area contributed by atoms with Crippen molar-refractivity contribution in [3.8, 4) is 0 Å². The number of carboxylic acid groups (broad SMARTS) is 1. The Morgan fingerprint density at radius 2 is 1.89 bits per heavy atom. The Labute approximate surface area is 170 Å². The molecule has 144 valence electrons. The molecule has 0 aliphatic rings. The van der Waals surface area contributed by atoms with Crippen molar-refractivity contribution in [2.75, 3.05) is 0 Å². The first-order chi connectivity index (χ1) is 13.3. The van der Waals surface area contributed by atoms with E-state index in [0.29, 0.717) is 22.0 Å². The lowest BCUT2D eigenvalue weighted by Crippen LogP contribution is -2.21. The molecule has 0 saturated heterocycles. The molecule has 0 bridgehead atoms. The summed E-state index contributed by atoms with van der Waals surface area (Å²) in [6, 6.07) is 10.5. The van der Waals surface area contributed by atoms with Crippen LogP contribution in [0.1, 0.15) is 27.9 Å². The lowest BCUT2D eigenvalue weighted by atomic mass is 10.0. The number of carbonyl (C=O) groups is 2. The molecule has 1 aromatic heterocycles. The fourth-order valence-electron chi connectivity index (χ4n) is 3.03. The van der Waals surface area contributed by atoms with Crippen LogP contribution in [0.15, 0.2) is 47.4 Å². The van der Waals surface area contributed by atoms with Crippen LogP contribution in [0.25, 0.3) is 10.9 Å². The number of nitrogens with two attached hydrogens (primary N) is 1. The van der Waals surface area contributed by atoms with E-state index in [-0.39, 0.29) is 23.9 Å². The number of fused-ring (bicyclic) bond motifs is 1. The highest BCUT2D eigenvalue weighted by Crippen LogP contribution is 2.28. The van der Waals surface area contributed by atoms with Crippen LogP contribution in [0.2, 0.25) is 10.0 Å². The topological polar surface area (TPSA) is 102 Å². The first kappa shape index (κ1) is 19.9. The van der Waals surface area contributed by atoms with E-state index in [2.05, 4.69) is 0 Å². The van der Waals surface area contributed by atoms with Gasteiger partial charge in [-0.25, -0.2) is 4.79 Å². The molecule has 0 fully saturated rings. The third kappa shape index (κ3) is 4.03. The van der Waals surface area contributed by atoms with Crippen molar-refractivity contribution >= 4 is 46.0 Å². The number of benzene rings is 2. The van der Waals surface area contributed by atoms with Gasteiger partial charge in [-0.3, -0.25) is 9.59 Å². The van der Waals surface area contributed by atoms with Crippen molar-refractivity contribution in [2.24, 2.45) is 5.73 Å². The maximum Gasteiger partial charge on any atom is 0.341 e. The number of carboxylic acids is 1. The Balaban J connectivity index is 2.12. The van der Waals surface area contributed by atoms with Gasteiger partial charge in [0.05, 0.1) is 15.6 Å². The number of amides is 1. The predicted octanol–water partition coefficient (Wildman–Crippen LogP) is 3.47. The SMILES string of the molecule is NC(=O)CCn1cc(C(=O)O)c(=O)c2cc(Cc3cccc(Cl)c3Cl)ccc21. The predicted molar refractivity (Wildman–Crippen MR) is 108 cm³/mol. The number of aromatic carboxylic acids is 1. The Bertz CT molecular complexity index is 1150. The van der Waals surface area contributed by atoms with Crippen molar-refractivity contribution < 1.29 is 14.7 Å². The van der Waals surface area contributed by atoms with Gasteiger partial charge >= 0.3 is 5.97 Å². The van der Waals surface area contributed by atoms with Crippen LogP contribution < -0.4 is 11.2 Å². The summed E-state index contributed by atoms with van der Waals surface area (Å²) >= 11 is 12.3. The van der Waals surface area contributed by atoms with Crippen molar-refractivity contribution in [2.45, 2.75) is 19.4 Å². The number of pyridine rings is 1. The zero-order chi connectivity index (χ0) is 20.4. The maximum absolute atomic E-state index is 12.7. The van der Waals surface area contributed by atoms with E-state index in [0.717, 1.165) is 11.1 Å². The monoisotopic (exact) mass is 418 g/mol. The summed E-state index contributed by atoms with van der Waals surface area (Å²) in [6.45, 7) is 0.172. The van der Waals surface area contributed by atoms with Gasteiger partial charge < -0.3 is 15.4 Å². The van der Waals surface area contributed by atoms with E-state index >= 15 is 0 Å². The van der Waals surface area contributed by atoms with E-state index in [1.807, 2.05) is 12.1 Å². The largest absolute Gasteiger partial charge is 0.477 e. The molecule has 2 aromatic carbocycles. The Kier molecular flexibility index (Phi) is 5.72. The standard InChI is InChI=1S/C20H16Cl2N2O4/c21-15-3-1-2-12(18(15)22)8-11-4-5-16-13(9-11)19(26)14(20(27)28)10-24(16)7-6-17(23)25/h1-5,9-10H,6-8H2,(H2,23,25)(H,27,28). The quantitative estimate of drug-likeness (QED) is 0.639. The van der Waals surface area contributed by atoms with Crippen LogP contribution >= 0.6 is 23.2 Å². The van der Waals surface area contributed by atoms with Gasteiger partial charge in [-0.2, -0.15) is 0 Å². The second-order valence-corrected chi connectivity index (χ2v) is 7.11. The molecule has 0 saturated carbocycles. The number of hydrogen-bond acceptors (Lipinski definition) is 3. The Morgan fingerprint density at radius 1 is 1.14 bits per heavy atom. The minimum atomic E-state index is -1.33. The smallest absolute Gasteiger partial charge is 0.341 e. The molecule has 3 aromatic rings. The molecule has 8 heteroatoms. The van der Waals surface area contributed by atoms with Crippen LogP contribution in [0, 0.1) is 0 Å². The Hall–Kier alpha value is -2.83. The average molecular weight is 419 g/mol. The van der Waals surface area contributed by atoms with Gasteiger partial charge in [-0.15, -0.1) is 0 Å². The summed E-state index contributed by atoms with van der Waals surface area (Å²) < 4.78 is 1.56. The number of hydrogen-bond donors (Lipinski definition) is 2. The van der Waals surface area contributed by atoms with Gasteiger partial charge in [0.25, 0.3) is 0 Å². The Morgan fingerprint density at radius 3 is 2.57 bits per heavy atom. The zero-order valence-electron chi connectivity index (χ0n) is 14.6. The van der Waals surface area contributed by atoms with Gasteiger partial charge in [0, 0.05) is 24.5 Å². The summed E-state index contributed by atoms with van der Waals surface area (Å²) in [5.41, 5.74) is 6.33. The number of rotatable bonds is 6. The molecule has 0 spiro atoms. The van der Waals surface area contributed by atoms with Crippen molar-refractivity contribution in [3.63, 3.8) is 0 Å². The van der Waals surface area contributed by atoms with Crippen LogP contribution in [0.4, 0.5) is 0 Å². The van der Waals surface area contributed by atoms with Gasteiger partial charge in [0.15, 0.2) is 0 Å². The number of aromatic nitrogens is 1. The molecule has 0 aliphatic carbocycles. The lowest BCUT2D eigenvalue weighted by molar-refractivity contribution is -0.118. The van der Waals surface area contributed by atoms with Crippen molar-refractivity contribution in [1.82, 2.24) is 4.57 Å². The minimum absolute atomic E-state index is 0.0247. The van der Waals surface area contributed by atoms with Crippen molar-refractivity contribution in [1.29, 1.82) is 0 Å². The van der Waals surface area contributed by atoms with Gasteiger partial charge in [0.1, 0.15) is 5.56 Å². The molecule has 6 nitrogen and oxygen atoms in total. The molecule has 3 rings (SSSR count). The lowest BCUT2D eigenvalue weighted by Gasteiger charge is -2.13. The summed E-state index contributed by atoms with van der Waals surface area (Å²) in [5, 5.41) is 10.5. The fourth-order valence-corrected chi connectivity index (χ4v) is 3.41. The summed E-state index contributed by atoms with van der Waals surface area (Å²) in [4.78, 5) is 35.2. The fraction of sp³-hybridized carbons (Fsp3) is 0.150. The average Bonchev–Trinajstić information content (AvgIpc) is 2.65. The molecule has 0 atom stereocenters. The van der Waals surface area contributed by atoms with Crippen LogP contribution in [-0.2, 0) is 17.8 Å². The summed E-state index contributed by atoms with van der Waals surface area (Å²) in [6.07, 6.45) is 1.69. The molecular weight excluding hydrogens is 403 g/mol. The van der Waals surface area contributed by atoms with Gasteiger partial charge in [-0.1, -0.05) is 41.4 Å². The van der Waals surface area contributed by atoms with E-state index in [1.165, 1.54) is 6.20 Å². The van der Waals surface area contributed by atoms with Gasteiger partial charge in [0.2, 0.25) is 11.3 Å². The molecule has 0 aliphatic heterocycles. The van der Waals surface area contributed by atoms with E-state index < -0.39 is 17.3 Å². The van der Waals surface area contributed by atoms with E-state index in [9.17, 15) is 19.5 Å². The highest BCUT2D eigenvalue weighted by Gasteiger charge is 2.16. The third-order valence-corrected chi connectivity index (χ3v) is 5.26. The number of nitrogens with zero attached hydrogens (tertiary/aromatic N) is 1. The number of primary amides is 1. The second kappa shape index (κ2) is 8.04. The first-order valence-electron chi connectivity index (χ1n) is 8.38. The molecule has 3 N–H and O–H groups in total. The molecular formula is C20H16Cl2N2O4. The molecule has 0 radical (unpaired) electrons. The second-order valence-electron chi connectivity index (χ2n) is 6.33. The van der Waals surface area contributed by atoms with Crippen LogP contribution in [0.5, 0.6) is 0 Å². The van der Waals surface area contributed by atoms with Crippen LogP contribution in [-0.4, -0.2) is 21.6 Å². The third-order valence-electron chi connectivity index (χ3n) is 4.40. The molecule has 1 heterocycles. The highest BCUT2D eigenvalue weighted by molar-refractivity contribution is 6.42. The number of carbonyl (C=O) groups excluding carboxylic acids is 1. The highest BCUT2D eigenvalue weighted by atomic mass is 35.5. The van der Waals surface area contributed by atoms with E-state index in [1.54, 1.807) is 28.8 Å². The maximum atomic E-state index is 12.7. The minimum Gasteiger partial charge on any atom is -0.477 e. The first-order valence-corrected chi connectivity index (χ1v) is 9.14. The normalized spacial score (nSPS) is 10.9. The van der Waals surface area contributed by atoms with Crippen molar-refractivity contribution in [3.05, 3.63) is 79.6 Å². The van der Waals surface area contributed by atoms with Gasteiger partial charge in [-0.05, 0) is 35.7 Å². The summed E-state index contributed by atoms with van der Waals surface area (Å²) in [5.74, 6) is -1.85. The number of halogens is 2. The summed E-state index contributed by atoms with van der Waals surface area (Å²) in [7, 11) is 0. The van der Waals surface area contributed by atoms with E-state index in [4.69, 9.17) is 28.9 Å². The van der Waals surface area contributed by atoms with Crippen LogP contribution in [0.3, 0.4) is 0 Å². The zero-order valence-corrected chi connectivity index (χ0v) is 16.1. The molecule has 1 amide bonds. The number of aryl methyl sites for hydroxylation is 1.